The zero-order valence-corrected chi connectivity index (χ0v) is 22.1. The van der Waals surface area contributed by atoms with Crippen LogP contribution in [0.3, 0.4) is 0 Å². The number of fused-ring (bicyclic) bond motifs is 1. The number of aromatic nitrogens is 3. The van der Waals surface area contributed by atoms with Crippen molar-refractivity contribution >= 4 is 22.4 Å². The van der Waals surface area contributed by atoms with Crippen molar-refractivity contribution in [1.82, 2.24) is 24.8 Å². The molecule has 0 saturated heterocycles. The van der Waals surface area contributed by atoms with Gasteiger partial charge in [-0.2, -0.15) is 0 Å². The van der Waals surface area contributed by atoms with Crippen LogP contribution in [0.4, 0.5) is 5.13 Å². The first-order valence-corrected chi connectivity index (χ1v) is 14.3. The molecule has 1 amide bonds. The number of imidazole rings is 1. The van der Waals surface area contributed by atoms with Crippen molar-refractivity contribution in [1.29, 1.82) is 0 Å². The highest BCUT2D eigenvalue weighted by Crippen LogP contribution is 2.32. The number of nitrogens with two attached hydrogens (primary N) is 1. The topological polar surface area (TPSA) is 89.1 Å². The summed E-state index contributed by atoms with van der Waals surface area (Å²) >= 11 is 1.68. The molecule has 1 aromatic carbocycles. The van der Waals surface area contributed by atoms with Gasteiger partial charge in [-0.15, -0.1) is 11.3 Å². The van der Waals surface area contributed by atoms with Crippen LogP contribution in [-0.2, 0) is 12.8 Å². The van der Waals surface area contributed by atoms with Crippen molar-refractivity contribution in [2.75, 3.05) is 18.8 Å². The van der Waals surface area contributed by atoms with Gasteiger partial charge < -0.3 is 20.5 Å². The van der Waals surface area contributed by atoms with Gasteiger partial charge in [-0.3, -0.25) is 4.79 Å². The molecule has 192 valence electrons. The van der Waals surface area contributed by atoms with Gasteiger partial charge in [-0.1, -0.05) is 6.92 Å². The number of aryl methyl sites for hydroxylation is 1. The molecule has 3 aromatic rings. The Balaban J connectivity index is 1.07. The molecule has 0 spiro atoms. The lowest BCUT2D eigenvalue weighted by molar-refractivity contribution is 0.0918. The van der Waals surface area contributed by atoms with Crippen LogP contribution in [0.5, 0.6) is 0 Å². The summed E-state index contributed by atoms with van der Waals surface area (Å²) in [6.07, 6.45) is 15.8. The first kappa shape index (κ1) is 25.0. The van der Waals surface area contributed by atoms with Crippen molar-refractivity contribution in [3.8, 4) is 5.69 Å². The number of carbonyl (C=O) groups is 1. The second kappa shape index (κ2) is 11.6. The number of amides is 1. The summed E-state index contributed by atoms with van der Waals surface area (Å²) < 4.78 is 1.94. The van der Waals surface area contributed by atoms with E-state index in [0.717, 1.165) is 48.0 Å². The average molecular weight is 507 g/mol. The van der Waals surface area contributed by atoms with Gasteiger partial charge in [0.25, 0.3) is 5.91 Å². The Morgan fingerprint density at radius 1 is 1.17 bits per heavy atom. The van der Waals surface area contributed by atoms with E-state index in [-0.39, 0.29) is 11.9 Å². The molecule has 0 aliphatic heterocycles. The summed E-state index contributed by atoms with van der Waals surface area (Å²) in [5.74, 6) is 0.787. The Bertz CT molecular complexity index is 1120. The van der Waals surface area contributed by atoms with Crippen molar-refractivity contribution in [2.24, 2.45) is 5.92 Å². The largest absolute Gasteiger partial charge is 0.375 e. The lowest BCUT2D eigenvalue weighted by Gasteiger charge is -2.36. The molecule has 0 bridgehead atoms. The monoisotopic (exact) mass is 506 g/mol. The minimum Gasteiger partial charge on any atom is -0.375 e. The van der Waals surface area contributed by atoms with Crippen molar-refractivity contribution in [3.05, 3.63) is 59.1 Å². The lowest BCUT2D eigenvalue weighted by atomic mass is 9.83. The van der Waals surface area contributed by atoms with Crippen molar-refractivity contribution in [2.45, 2.75) is 76.8 Å². The zero-order chi connectivity index (χ0) is 24.9. The van der Waals surface area contributed by atoms with E-state index >= 15 is 0 Å². The maximum Gasteiger partial charge on any atom is 0.251 e. The fraction of sp³-hybridized carbons (Fsp3) is 0.536. The number of hydrogen-bond donors (Lipinski definition) is 2. The molecule has 2 aliphatic rings. The molecular formula is C28H38N6OS. The standard InChI is InChI=1S/C28H38N6OS/c1-2-15-33(24-11-12-25-26(18-24)36-28(29)32-25)16-13-20-3-7-22(8-4-20)31-27(35)21-5-9-23(10-6-21)34-17-14-30-19-34/h5-6,9-10,14,17,19-20,22,24H,2-4,7-8,11-13,15-16,18H2,1H3,(H2,29,32)(H,31,35)/t20?,22?,24-/m0/s1. The minimum atomic E-state index is 0.0325. The molecule has 1 fully saturated rings. The van der Waals surface area contributed by atoms with Crippen LogP contribution in [0.2, 0.25) is 0 Å². The third-order valence-corrected chi connectivity index (χ3v) is 8.85. The van der Waals surface area contributed by atoms with Crippen LogP contribution in [0.15, 0.2) is 43.0 Å². The number of carbonyl (C=O) groups excluding carboxylic acids is 1. The highest BCUT2D eigenvalue weighted by Gasteiger charge is 2.28. The number of anilines is 1. The number of benzene rings is 1. The summed E-state index contributed by atoms with van der Waals surface area (Å²) in [6.45, 7) is 4.62. The quantitative estimate of drug-likeness (QED) is 0.433. The number of thiazole rings is 1. The predicted octanol–water partition coefficient (Wildman–Crippen LogP) is 4.86. The summed E-state index contributed by atoms with van der Waals surface area (Å²) in [7, 11) is 0. The van der Waals surface area contributed by atoms with Gasteiger partial charge in [-0.25, -0.2) is 9.97 Å². The fourth-order valence-electron chi connectivity index (χ4n) is 5.86. The summed E-state index contributed by atoms with van der Waals surface area (Å²) in [4.78, 5) is 25.5. The molecule has 2 aromatic heterocycles. The van der Waals surface area contributed by atoms with E-state index in [1.54, 1.807) is 23.9 Å². The van der Waals surface area contributed by atoms with Crippen LogP contribution < -0.4 is 11.1 Å². The molecule has 1 saturated carbocycles. The van der Waals surface area contributed by atoms with E-state index < -0.39 is 0 Å². The van der Waals surface area contributed by atoms with Crippen molar-refractivity contribution < 1.29 is 4.79 Å². The molecule has 3 N–H and O–H groups in total. The Labute approximate surface area is 218 Å². The second-order valence-electron chi connectivity index (χ2n) is 10.4. The molecule has 2 aliphatic carbocycles. The third kappa shape index (κ3) is 5.98. The van der Waals surface area contributed by atoms with Gasteiger partial charge in [0.2, 0.25) is 0 Å². The molecule has 0 radical (unpaired) electrons. The first-order chi connectivity index (χ1) is 17.6. The fourth-order valence-corrected chi connectivity index (χ4v) is 6.81. The van der Waals surface area contributed by atoms with Crippen LogP contribution >= 0.6 is 11.3 Å². The Hall–Kier alpha value is -2.71. The number of nitrogen functional groups attached to an aromatic ring is 1. The van der Waals surface area contributed by atoms with Gasteiger partial charge >= 0.3 is 0 Å². The Morgan fingerprint density at radius 3 is 2.69 bits per heavy atom. The predicted molar refractivity (Wildman–Crippen MR) is 146 cm³/mol. The van der Waals surface area contributed by atoms with E-state index in [2.05, 4.69) is 27.1 Å². The van der Waals surface area contributed by atoms with Crippen LogP contribution in [0.1, 0.15) is 72.8 Å². The summed E-state index contributed by atoms with van der Waals surface area (Å²) in [5, 5.41) is 4.00. The van der Waals surface area contributed by atoms with E-state index in [4.69, 9.17) is 5.73 Å². The zero-order valence-electron chi connectivity index (χ0n) is 21.2. The van der Waals surface area contributed by atoms with Gasteiger partial charge in [0.05, 0.1) is 12.0 Å². The highest BCUT2D eigenvalue weighted by atomic mass is 32.1. The van der Waals surface area contributed by atoms with Gasteiger partial charge in [-0.05, 0) is 101 Å². The number of rotatable bonds is 9. The van der Waals surface area contributed by atoms with E-state index in [9.17, 15) is 4.79 Å². The Morgan fingerprint density at radius 2 is 1.97 bits per heavy atom. The molecule has 36 heavy (non-hydrogen) atoms. The molecule has 0 unspecified atom stereocenters. The smallest absolute Gasteiger partial charge is 0.251 e. The maximum absolute atomic E-state index is 12.8. The maximum atomic E-state index is 12.8. The van der Waals surface area contributed by atoms with Gasteiger partial charge in [0.15, 0.2) is 5.13 Å². The summed E-state index contributed by atoms with van der Waals surface area (Å²) in [5.41, 5.74) is 8.92. The van der Waals surface area contributed by atoms with Crippen LogP contribution in [0, 0.1) is 5.92 Å². The highest BCUT2D eigenvalue weighted by molar-refractivity contribution is 7.15. The van der Waals surface area contributed by atoms with Gasteiger partial charge in [0, 0.05) is 40.6 Å². The lowest BCUT2D eigenvalue weighted by Crippen LogP contribution is -2.41. The third-order valence-electron chi connectivity index (χ3n) is 7.90. The van der Waals surface area contributed by atoms with E-state index in [0.29, 0.717) is 6.04 Å². The second-order valence-corrected chi connectivity index (χ2v) is 11.5. The van der Waals surface area contributed by atoms with E-state index in [1.165, 1.54) is 55.8 Å². The molecule has 8 heteroatoms. The molecule has 5 rings (SSSR count). The minimum absolute atomic E-state index is 0.0325. The van der Waals surface area contributed by atoms with E-state index in [1.807, 2.05) is 35.0 Å². The number of hydrogen-bond acceptors (Lipinski definition) is 6. The molecule has 1 atom stereocenters. The Kier molecular flexibility index (Phi) is 8.02. The summed E-state index contributed by atoms with van der Waals surface area (Å²) in [6, 6.07) is 8.62. The number of nitrogens with zero attached hydrogens (tertiary/aromatic N) is 4. The van der Waals surface area contributed by atoms with Crippen LogP contribution in [0.25, 0.3) is 5.69 Å². The first-order valence-electron chi connectivity index (χ1n) is 13.5. The van der Waals surface area contributed by atoms with Gasteiger partial charge in [0.1, 0.15) is 0 Å². The molecular weight excluding hydrogens is 468 g/mol. The molecule has 7 nitrogen and oxygen atoms in total. The normalized spacial score (nSPS) is 21.9. The molecule has 2 heterocycles. The van der Waals surface area contributed by atoms with Crippen molar-refractivity contribution in [3.63, 3.8) is 0 Å². The SMILES string of the molecule is CCCN(CCC1CCC(NC(=O)c2ccc(-n3ccnc3)cc2)CC1)[C@H]1CCc2nc(N)sc2C1. The number of nitrogens with one attached hydrogen (secondary N) is 1. The van der Waals surface area contributed by atoms with Crippen LogP contribution in [-0.4, -0.2) is 50.5 Å². The average Bonchev–Trinajstić information content (AvgIpc) is 3.56.